The molecular formula is C24H33N5O2. The predicted molar refractivity (Wildman–Crippen MR) is 125 cm³/mol. The number of hydrogen-bond acceptors (Lipinski definition) is 4. The zero-order chi connectivity index (χ0) is 21.8. The molecule has 1 aliphatic rings. The van der Waals surface area contributed by atoms with Crippen LogP contribution in [0.2, 0.25) is 0 Å². The minimum absolute atomic E-state index is 0.213. The Bertz CT molecular complexity index is 1140. The smallest absolute Gasteiger partial charge is 0.310 e. The molecule has 0 saturated carbocycles. The topological polar surface area (TPSA) is 65.1 Å². The third-order valence-corrected chi connectivity index (χ3v) is 6.30. The first-order valence-electron chi connectivity index (χ1n) is 11.7. The average Bonchev–Trinajstić information content (AvgIpc) is 3.36. The Morgan fingerprint density at radius 3 is 2.29 bits per heavy atom. The van der Waals surface area contributed by atoms with E-state index in [0.29, 0.717) is 24.3 Å². The van der Waals surface area contributed by atoms with Crippen molar-refractivity contribution in [3.05, 3.63) is 51.2 Å². The van der Waals surface area contributed by atoms with Gasteiger partial charge in [0.1, 0.15) is 0 Å². The summed E-state index contributed by atoms with van der Waals surface area (Å²) in [7, 11) is 1.71. The van der Waals surface area contributed by atoms with Crippen LogP contribution in [0.25, 0.3) is 11.2 Å². The number of rotatable bonds is 10. The van der Waals surface area contributed by atoms with Crippen molar-refractivity contribution in [3.63, 3.8) is 0 Å². The van der Waals surface area contributed by atoms with Gasteiger partial charge in [-0.15, -0.1) is 0 Å². The van der Waals surface area contributed by atoms with E-state index in [1.807, 2.05) is 34.9 Å². The number of nitrogens with zero attached hydrogens (tertiary/aromatic N) is 5. The van der Waals surface area contributed by atoms with Crippen molar-refractivity contribution in [1.82, 2.24) is 18.7 Å². The van der Waals surface area contributed by atoms with Gasteiger partial charge in [0.15, 0.2) is 11.2 Å². The lowest BCUT2D eigenvalue weighted by Gasteiger charge is -2.15. The number of benzene rings is 1. The van der Waals surface area contributed by atoms with E-state index in [4.69, 9.17) is 4.98 Å². The normalized spacial score (nSPS) is 13.3. The van der Waals surface area contributed by atoms with E-state index in [9.17, 15) is 9.59 Å². The molecule has 3 aromatic rings. The maximum atomic E-state index is 13.3. The summed E-state index contributed by atoms with van der Waals surface area (Å²) in [6.07, 6.45) is 9.45. The van der Waals surface area contributed by atoms with E-state index in [2.05, 4.69) is 11.8 Å². The molecule has 0 spiro atoms. The second-order valence-electron chi connectivity index (χ2n) is 8.50. The first kappa shape index (κ1) is 21.4. The van der Waals surface area contributed by atoms with Crippen molar-refractivity contribution in [2.24, 2.45) is 7.05 Å². The van der Waals surface area contributed by atoms with Gasteiger partial charge in [-0.1, -0.05) is 70.1 Å². The highest BCUT2D eigenvalue weighted by Gasteiger charge is 2.28. The molecule has 7 nitrogen and oxygen atoms in total. The third kappa shape index (κ3) is 4.18. The van der Waals surface area contributed by atoms with E-state index in [1.54, 1.807) is 7.05 Å². The van der Waals surface area contributed by atoms with E-state index in [-0.39, 0.29) is 11.2 Å². The van der Waals surface area contributed by atoms with Crippen molar-refractivity contribution in [2.75, 3.05) is 11.4 Å². The Morgan fingerprint density at radius 2 is 1.58 bits per heavy atom. The molecule has 1 aliphatic heterocycles. The number of hydrogen-bond donors (Lipinski definition) is 0. The molecule has 3 heterocycles. The monoisotopic (exact) mass is 423 g/mol. The van der Waals surface area contributed by atoms with Crippen molar-refractivity contribution in [1.29, 1.82) is 0 Å². The molecule has 0 radical (unpaired) electrons. The molecule has 2 aromatic heterocycles. The minimum atomic E-state index is -0.275. The van der Waals surface area contributed by atoms with Crippen LogP contribution >= 0.6 is 0 Å². The summed E-state index contributed by atoms with van der Waals surface area (Å²) in [4.78, 5) is 33.0. The van der Waals surface area contributed by atoms with E-state index in [1.165, 1.54) is 41.2 Å². The minimum Gasteiger partial charge on any atom is -0.310 e. The van der Waals surface area contributed by atoms with Crippen molar-refractivity contribution < 1.29 is 0 Å². The van der Waals surface area contributed by atoms with E-state index in [0.717, 1.165) is 37.4 Å². The van der Waals surface area contributed by atoms with E-state index < -0.39 is 0 Å². The van der Waals surface area contributed by atoms with Crippen molar-refractivity contribution in [2.45, 2.75) is 71.4 Å². The Hall–Kier alpha value is -2.83. The van der Waals surface area contributed by atoms with Gasteiger partial charge in [-0.3, -0.25) is 13.9 Å². The van der Waals surface area contributed by atoms with Crippen LogP contribution in [-0.4, -0.2) is 25.2 Å². The molecule has 1 aromatic carbocycles. The molecule has 0 amide bonds. The summed E-state index contributed by atoms with van der Waals surface area (Å²) in [5.41, 5.74) is 1.56. The molecule has 0 N–H and O–H groups in total. The molecule has 7 heteroatoms. The number of aromatic nitrogens is 4. The Labute approximate surface area is 182 Å². The predicted octanol–water partition coefficient (Wildman–Crippen LogP) is 4.19. The number of imidazole rings is 1. The lowest BCUT2D eigenvalue weighted by atomic mass is 10.1. The number of para-hydroxylation sites is 1. The van der Waals surface area contributed by atoms with Crippen LogP contribution in [0, 0.1) is 0 Å². The van der Waals surface area contributed by atoms with Crippen LogP contribution in [0.5, 0.6) is 0 Å². The molecule has 0 bridgehead atoms. The number of fused-ring (bicyclic) bond motifs is 3. The van der Waals surface area contributed by atoms with E-state index >= 15 is 0 Å². The Kier molecular flexibility index (Phi) is 6.59. The first-order chi connectivity index (χ1) is 15.1. The highest BCUT2D eigenvalue weighted by atomic mass is 16.2. The molecule has 4 rings (SSSR count). The van der Waals surface area contributed by atoms with Gasteiger partial charge in [-0.2, -0.15) is 4.98 Å². The molecule has 0 unspecified atom stereocenters. The van der Waals surface area contributed by atoms with Crippen LogP contribution in [0.4, 0.5) is 11.6 Å². The highest BCUT2D eigenvalue weighted by molar-refractivity contribution is 5.77. The van der Waals surface area contributed by atoms with Crippen LogP contribution in [0.15, 0.2) is 39.9 Å². The third-order valence-electron chi connectivity index (χ3n) is 6.30. The molecule has 0 saturated heterocycles. The summed E-state index contributed by atoms with van der Waals surface area (Å²) in [5, 5.41) is 0. The quantitative estimate of drug-likeness (QED) is 0.459. The van der Waals surface area contributed by atoms with Gasteiger partial charge in [0.05, 0.1) is 0 Å². The lowest BCUT2D eigenvalue weighted by Crippen LogP contribution is -2.39. The second kappa shape index (κ2) is 9.54. The lowest BCUT2D eigenvalue weighted by molar-refractivity contribution is 0.519. The zero-order valence-corrected chi connectivity index (χ0v) is 18.7. The maximum Gasteiger partial charge on any atom is 0.332 e. The van der Waals surface area contributed by atoms with Crippen molar-refractivity contribution in [3.8, 4) is 0 Å². The molecule has 31 heavy (non-hydrogen) atoms. The summed E-state index contributed by atoms with van der Waals surface area (Å²) in [6, 6.07) is 10.0. The molecule has 0 fully saturated rings. The fourth-order valence-corrected chi connectivity index (χ4v) is 4.53. The summed E-state index contributed by atoms with van der Waals surface area (Å²) in [6.45, 7) is 4.15. The summed E-state index contributed by atoms with van der Waals surface area (Å²) < 4.78 is 4.89. The molecular weight excluding hydrogens is 390 g/mol. The SMILES string of the molecule is CCCCCCCCCCn1c(=O)c2c(nc3n2CCN3c2ccccc2)n(C)c1=O. The van der Waals surface area contributed by atoms with Gasteiger partial charge in [-0.05, 0) is 18.6 Å². The Morgan fingerprint density at radius 1 is 0.903 bits per heavy atom. The van der Waals surface area contributed by atoms with Gasteiger partial charge in [0, 0.05) is 32.4 Å². The highest BCUT2D eigenvalue weighted by Crippen LogP contribution is 2.31. The number of anilines is 2. The summed E-state index contributed by atoms with van der Waals surface area (Å²) >= 11 is 0. The van der Waals surface area contributed by atoms with Gasteiger partial charge >= 0.3 is 5.69 Å². The van der Waals surface area contributed by atoms with Crippen LogP contribution < -0.4 is 16.1 Å². The standard InChI is InChI=1S/C24H33N5O2/c1-3-4-5-6-7-8-9-13-16-29-22(30)20-21(26(2)24(29)31)25-23-27(17-18-28(20)23)19-14-11-10-12-15-19/h10-12,14-15H,3-9,13,16-18H2,1-2H3. The molecule has 0 aliphatic carbocycles. The molecule has 166 valence electrons. The number of unbranched alkanes of at least 4 members (excludes halogenated alkanes) is 7. The van der Waals surface area contributed by atoms with Gasteiger partial charge < -0.3 is 9.47 Å². The second-order valence-corrected chi connectivity index (χ2v) is 8.50. The maximum absolute atomic E-state index is 13.3. The zero-order valence-electron chi connectivity index (χ0n) is 18.7. The van der Waals surface area contributed by atoms with Crippen molar-refractivity contribution >= 4 is 22.8 Å². The van der Waals surface area contributed by atoms with Gasteiger partial charge in [-0.25, -0.2) is 4.79 Å². The first-order valence-corrected chi connectivity index (χ1v) is 11.7. The fourth-order valence-electron chi connectivity index (χ4n) is 4.53. The molecule has 0 atom stereocenters. The van der Waals surface area contributed by atoms with Crippen LogP contribution in [-0.2, 0) is 20.1 Å². The average molecular weight is 424 g/mol. The fraction of sp³-hybridized carbons (Fsp3) is 0.542. The van der Waals surface area contributed by atoms with Crippen LogP contribution in [0.1, 0.15) is 58.3 Å². The number of aryl methyl sites for hydroxylation is 1. The Balaban J connectivity index is 1.54. The van der Waals surface area contributed by atoms with Crippen LogP contribution in [0.3, 0.4) is 0 Å². The summed E-state index contributed by atoms with van der Waals surface area (Å²) in [5.74, 6) is 0.734. The van der Waals surface area contributed by atoms with Gasteiger partial charge in [0.2, 0.25) is 5.95 Å². The van der Waals surface area contributed by atoms with Gasteiger partial charge in [0.25, 0.3) is 5.56 Å². The largest absolute Gasteiger partial charge is 0.332 e.